The summed E-state index contributed by atoms with van der Waals surface area (Å²) >= 11 is 0. The summed E-state index contributed by atoms with van der Waals surface area (Å²) in [6, 6.07) is 5.81. The van der Waals surface area contributed by atoms with Gasteiger partial charge in [-0.25, -0.2) is 9.97 Å². The minimum atomic E-state index is 0.364. The normalized spacial score (nSPS) is 9.89. The number of aromatic nitrogens is 2. The van der Waals surface area contributed by atoms with Crippen LogP contribution in [0.25, 0.3) is 0 Å². The van der Waals surface area contributed by atoms with Crippen LogP contribution < -0.4 is 4.90 Å². The smallest absolute Gasteiger partial charge is 0.226 e. The molecular weight excluding hydrogens is 226 g/mol. The van der Waals surface area contributed by atoms with Gasteiger partial charge in [0.1, 0.15) is 11.8 Å². The summed E-state index contributed by atoms with van der Waals surface area (Å²) in [6.07, 6.45) is 0.423. The van der Waals surface area contributed by atoms with Gasteiger partial charge >= 0.3 is 0 Å². The molecular formula is C13H17N5. The van der Waals surface area contributed by atoms with Gasteiger partial charge in [-0.3, -0.25) is 0 Å². The van der Waals surface area contributed by atoms with Gasteiger partial charge in [-0.1, -0.05) is 13.8 Å². The summed E-state index contributed by atoms with van der Waals surface area (Å²) < 4.78 is 0. The Labute approximate surface area is 108 Å². The highest BCUT2D eigenvalue weighted by Crippen LogP contribution is 2.12. The first-order chi connectivity index (χ1) is 8.56. The molecule has 0 atom stereocenters. The summed E-state index contributed by atoms with van der Waals surface area (Å²) in [5.41, 5.74) is 1.13. The topological polar surface area (TPSA) is 76.6 Å². The maximum Gasteiger partial charge on any atom is 0.226 e. The number of hydrogen-bond donors (Lipinski definition) is 0. The lowest BCUT2D eigenvalue weighted by atomic mass is 10.2. The van der Waals surface area contributed by atoms with Crippen LogP contribution in [0, 0.1) is 35.5 Å². The van der Waals surface area contributed by atoms with Crippen molar-refractivity contribution in [1.29, 1.82) is 10.5 Å². The van der Waals surface area contributed by atoms with E-state index in [0.717, 1.165) is 12.2 Å². The van der Waals surface area contributed by atoms with Crippen LogP contribution in [0.5, 0.6) is 0 Å². The van der Waals surface area contributed by atoms with E-state index in [9.17, 15) is 0 Å². The molecule has 0 unspecified atom stereocenters. The fourth-order valence-corrected chi connectivity index (χ4v) is 1.65. The zero-order valence-electron chi connectivity index (χ0n) is 11.0. The lowest BCUT2D eigenvalue weighted by Crippen LogP contribution is -2.30. The molecule has 0 radical (unpaired) electrons. The fourth-order valence-electron chi connectivity index (χ4n) is 1.65. The second kappa shape index (κ2) is 6.56. The first-order valence-corrected chi connectivity index (χ1v) is 5.94. The lowest BCUT2D eigenvalue weighted by Gasteiger charge is -2.23. The van der Waals surface area contributed by atoms with Crippen molar-refractivity contribution < 1.29 is 0 Å². The lowest BCUT2D eigenvalue weighted by molar-refractivity contribution is 0.601. The molecule has 5 heteroatoms. The van der Waals surface area contributed by atoms with E-state index in [1.165, 1.54) is 0 Å². The second-order valence-electron chi connectivity index (χ2n) is 4.55. The monoisotopic (exact) mass is 243 g/mol. The van der Waals surface area contributed by atoms with Gasteiger partial charge in [-0.15, -0.1) is 0 Å². The number of aryl methyl sites for hydroxylation is 1. The average Bonchev–Trinajstić information content (AvgIpc) is 2.33. The van der Waals surface area contributed by atoms with Crippen molar-refractivity contribution in [2.75, 3.05) is 18.0 Å². The average molecular weight is 243 g/mol. The number of hydrogen-bond acceptors (Lipinski definition) is 5. The molecule has 0 aliphatic heterocycles. The molecule has 0 spiro atoms. The first kappa shape index (κ1) is 13.9. The molecule has 18 heavy (non-hydrogen) atoms. The quantitative estimate of drug-likeness (QED) is 0.790. The molecule has 1 aromatic heterocycles. The van der Waals surface area contributed by atoms with E-state index in [1.54, 1.807) is 6.07 Å². The van der Waals surface area contributed by atoms with Crippen molar-refractivity contribution >= 4 is 5.95 Å². The summed E-state index contributed by atoms with van der Waals surface area (Å²) in [5, 5.41) is 17.6. The third kappa shape index (κ3) is 4.03. The third-order valence-corrected chi connectivity index (χ3v) is 2.32. The molecule has 1 rings (SSSR count). The molecule has 5 nitrogen and oxygen atoms in total. The molecule has 0 saturated heterocycles. The van der Waals surface area contributed by atoms with Crippen molar-refractivity contribution in [3.63, 3.8) is 0 Å². The van der Waals surface area contributed by atoms with Crippen molar-refractivity contribution in [3.05, 3.63) is 17.5 Å². The minimum Gasteiger partial charge on any atom is -0.339 e. The molecule has 0 fully saturated rings. The molecule has 0 aromatic carbocycles. The fraction of sp³-hybridized carbons (Fsp3) is 0.538. The van der Waals surface area contributed by atoms with Gasteiger partial charge < -0.3 is 4.90 Å². The van der Waals surface area contributed by atoms with Crippen LogP contribution in [0.2, 0.25) is 0 Å². The molecule has 0 bridgehead atoms. The predicted molar refractivity (Wildman–Crippen MR) is 68.8 cm³/mol. The van der Waals surface area contributed by atoms with Crippen LogP contribution in [0.3, 0.4) is 0 Å². The Morgan fingerprint density at radius 3 is 2.61 bits per heavy atom. The van der Waals surface area contributed by atoms with Crippen LogP contribution in [0.4, 0.5) is 5.95 Å². The van der Waals surface area contributed by atoms with Gasteiger partial charge in [0.15, 0.2) is 0 Å². The zero-order chi connectivity index (χ0) is 13.5. The van der Waals surface area contributed by atoms with Crippen LogP contribution in [0.15, 0.2) is 6.07 Å². The summed E-state index contributed by atoms with van der Waals surface area (Å²) in [7, 11) is 0. The van der Waals surface area contributed by atoms with E-state index in [-0.39, 0.29) is 0 Å². The molecule has 0 amide bonds. The van der Waals surface area contributed by atoms with E-state index >= 15 is 0 Å². The number of anilines is 1. The summed E-state index contributed by atoms with van der Waals surface area (Å²) in [5.74, 6) is 0.980. The zero-order valence-corrected chi connectivity index (χ0v) is 11.0. The SMILES string of the molecule is Cc1cc(C#N)nc(N(CCC#N)CC(C)C)n1. The van der Waals surface area contributed by atoms with Gasteiger partial charge in [0.2, 0.25) is 5.95 Å². The van der Waals surface area contributed by atoms with E-state index in [4.69, 9.17) is 10.5 Å². The minimum absolute atomic E-state index is 0.364. The molecule has 0 aliphatic rings. The molecule has 0 saturated carbocycles. The summed E-state index contributed by atoms with van der Waals surface area (Å²) in [6.45, 7) is 7.39. The Bertz CT molecular complexity index is 481. The van der Waals surface area contributed by atoms with Crippen molar-refractivity contribution in [2.24, 2.45) is 5.92 Å². The highest BCUT2D eigenvalue weighted by Gasteiger charge is 2.12. The summed E-state index contributed by atoms with van der Waals surface area (Å²) in [4.78, 5) is 10.5. The molecule has 94 valence electrons. The first-order valence-electron chi connectivity index (χ1n) is 5.94. The van der Waals surface area contributed by atoms with Crippen LogP contribution >= 0.6 is 0 Å². The van der Waals surface area contributed by atoms with Gasteiger partial charge in [0.25, 0.3) is 0 Å². The van der Waals surface area contributed by atoms with Gasteiger partial charge in [-0.05, 0) is 18.9 Å². The van der Waals surface area contributed by atoms with E-state index in [2.05, 4.69) is 29.9 Å². The number of rotatable bonds is 5. The van der Waals surface area contributed by atoms with Gasteiger partial charge in [-0.2, -0.15) is 10.5 Å². The van der Waals surface area contributed by atoms with Crippen LogP contribution in [-0.2, 0) is 0 Å². The van der Waals surface area contributed by atoms with E-state index in [0.29, 0.717) is 30.5 Å². The second-order valence-corrected chi connectivity index (χ2v) is 4.55. The molecule has 0 aliphatic carbocycles. The third-order valence-electron chi connectivity index (χ3n) is 2.32. The van der Waals surface area contributed by atoms with Crippen molar-refractivity contribution in [2.45, 2.75) is 27.2 Å². The van der Waals surface area contributed by atoms with E-state index in [1.807, 2.05) is 17.9 Å². The standard InChI is InChI=1S/C13H17N5/c1-10(2)9-18(6-4-5-14)13-16-11(3)7-12(8-15)17-13/h7,10H,4,6,9H2,1-3H3. The predicted octanol–water partition coefficient (Wildman–Crippen LogP) is 2.03. The number of nitriles is 2. The molecule has 1 heterocycles. The largest absolute Gasteiger partial charge is 0.339 e. The van der Waals surface area contributed by atoms with Gasteiger partial charge in [0.05, 0.1) is 12.5 Å². The highest BCUT2D eigenvalue weighted by atomic mass is 15.2. The van der Waals surface area contributed by atoms with Crippen molar-refractivity contribution in [3.8, 4) is 12.1 Å². The Morgan fingerprint density at radius 2 is 2.06 bits per heavy atom. The van der Waals surface area contributed by atoms with E-state index < -0.39 is 0 Å². The Morgan fingerprint density at radius 1 is 1.33 bits per heavy atom. The Kier molecular flexibility index (Phi) is 5.07. The number of nitrogens with zero attached hydrogens (tertiary/aromatic N) is 5. The maximum absolute atomic E-state index is 8.92. The Balaban J connectivity index is 3.00. The van der Waals surface area contributed by atoms with Crippen molar-refractivity contribution in [1.82, 2.24) is 9.97 Å². The van der Waals surface area contributed by atoms with Crippen LogP contribution in [0.1, 0.15) is 31.7 Å². The van der Waals surface area contributed by atoms with Crippen LogP contribution in [-0.4, -0.2) is 23.1 Å². The highest BCUT2D eigenvalue weighted by molar-refractivity contribution is 5.36. The Hall–Kier alpha value is -2.14. The maximum atomic E-state index is 8.92. The molecule has 1 aromatic rings. The molecule has 0 N–H and O–H groups in total. The van der Waals surface area contributed by atoms with Gasteiger partial charge in [0, 0.05) is 18.8 Å².